The molecule has 0 radical (unpaired) electrons. The summed E-state index contributed by atoms with van der Waals surface area (Å²) in [4.78, 5) is 22.7. The number of anilines is 2. The zero-order valence-electron chi connectivity index (χ0n) is 13.5. The van der Waals surface area contributed by atoms with Gasteiger partial charge in [-0.15, -0.1) is 0 Å². The number of thiophene rings is 1. The monoisotopic (exact) mass is 471 g/mol. The number of nitrogens with one attached hydrogen (secondary N) is 2. The Morgan fingerprint density at radius 1 is 1.40 bits per heavy atom. The van der Waals surface area contributed by atoms with Gasteiger partial charge in [-0.2, -0.15) is 0 Å². The molecule has 2 N–H and O–H groups in total. The van der Waals surface area contributed by atoms with Gasteiger partial charge in [0, 0.05) is 15.2 Å². The number of aryl methyl sites for hydroxylation is 1. The summed E-state index contributed by atoms with van der Waals surface area (Å²) in [6.07, 6.45) is 1.69. The molecule has 0 aliphatic rings. The van der Waals surface area contributed by atoms with Gasteiger partial charge in [-0.25, -0.2) is 14.9 Å². The van der Waals surface area contributed by atoms with E-state index in [0.29, 0.717) is 27.7 Å². The SMILES string of the molecule is CCONC(=O)c1c(Nc2ccc(I)cc2F)sc2nccc(C)c12. The number of amides is 1. The molecule has 0 saturated carbocycles. The first-order chi connectivity index (χ1) is 12.0. The fraction of sp³-hybridized carbons (Fsp3) is 0.176. The zero-order chi connectivity index (χ0) is 18.0. The molecule has 2 aromatic heterocycles. The van der Waals surface area contributed by atoms with Gasteiger partial charge in [-0.05, 0) is 66.3 Å². The normalized spacial score (nSPS) is 10.9. The summed E-state index contributed by atoms with van der Waals surface area (Å²) in [6.45, 7) is 4.03. The van der Waals surface area contributed by atoms with Gasteiger partial charge in [-0.1, -0.05) is 11.3 Å². The van der Waals surface area contributed by atoms with Crippen LogP contribution in [0.25, 0.3) is 10.2 Å². The number of carbonyl (C=O) groups excluding carboxylic acids is 1. The van der Waals surface area contributed by atoms with Crippen molar-refractivity contribution in [1.29, 1.82) is 0 Å². The second-order valence-electron chi connectivity index (χ2n) is 5.23. The molecule has 0 fully saturated rings. The predicted octanol–water partition coefficient (Wildman–Crippen LogP) is 4.77. The highest BCUT2D eigenvalue weighted by Gasteiger charge is 2.22. The average Bonchev–Trinajstić information content (AvgIpc) is 2.95. The van der Waals surface area contributed by atoms with E-state index in [1.165, 1.54) is 17.4 Å². The number of rotatable bonds is 5. The molecule has 5 nitrogen and oxygen atoms in total. The van der Waals surface area contributed by atoms with Crippen molar-refractivity contribution in [2.45, 2.75) is 13.8 Å². The maximum atomic E-state index is 14.2. The van der Waals surface area contributed by atoms with E-state index in [1.54, 1.807) is 25.3 Å². The van der Waals surface area contributed by atoms with Gasteiger partial charge in [-0.3, -0.25) is 9.63 Å². The van der Waals surface area contributed by atoms with E-state index in [-0.39, 0.29) is 5.82 Å². The number of carbonyl (C=O) groups is 1. The molecule has 2 heterocycles. The Bertz CT molecular complexity index is 945. The lowest BCUT2D eigenvalue weighted by Crippen LogP contribution is -2.24. The fourth-order valence-corrected chi connectivity index (χ4v) is 3.97. The standard InChI is InChI=1S/C17H15FIN3O2S/c1-3-24-22-15(23)14-13-9(2)6-7-20-16(13)25-17(14)21-12-5-4-10(19)8-11(12)18/h4-8,21H,3H2,1-2H3,(H,22,23). The van der Waals surface area contributed by atoms with Gasteiger partial charge < -0.3 is 5.32 Å². The van der Waals surface area contributed by atoms with Crippen molar-refractivity contribution < 1.29 is 14.0 Å². The highest BCUT2D eigenvalue weighted by atomic mass is 127. The van der Waals surface area contributed by atoms with Crippen molar-refractivity contribution >= 4 is 60.7 Å². The third-order valence-corrected chi connectivity index (χ3v) is 5.20. The van der Waals surface area contributed by atoms with Crippen molar-refractivity contribution in [2.75, 3.05) is 11.9 Å². The first kappa shape index (κ1) is 18.0. The first-order valence-electron chi connectivity index (χ1n) is 7.53. The molecule has 0 atom stereocenters. The molecule has 0 spiro atoms. The molecular formula is C17H15FIN3O2S. The van der Waals surface area contributed by atoms with Crippen molar-refractivity contribution in [3.05, 3.63) is 51.0 Å². The van der Waals surface area contributed by atoms with Crippen molar-refractivity contribution in [3.8, 4) is 0 Å². The van der Waals surface area contributed by atoms with E-state index in [4.69, 9.17) is 4.84 Å². The summed E-state index contributed by atoms with van der Waals surface area (Å²) < 4.78 is 15.0. The molecule has 3 aromatic rings. The summed E-state index contributed by atoms with van der Waals surface area (Å²) in [5, 5.41) is 4.28. The van der Waals surface area contributed by atoms with E-state index in [9.17, 15) is 9.18 Å². The second-order valence-corrected chi connectivity index (χ2v) is 7.47. The lowest BCUT2D eigenvalue weighted by molar-refractivity contribution is 0.0367. The number of aromatic nitrogens is 1. The molecule has 8 heteroatoms. The highest BCUT2D eigenvalue weighted by molar-refractivity contribution is 14.1. The number of benzene rings is 1. The van der Waals surface area contributed by atoms with Crippen LogP contribution in [0.5, 0.6) is 0 Å². The van der Waals surface area contributed by atoms with Gasteiger partial charge in [0.15, 0.2) is 0 Å². The van der Waals surface area contributed by atoms with Crippen LogP contribution in [0.3, 0.4) is 0 Å². The number of hydrogen-bond donors (Lipinski definition) is 2. The van der Waals surface area contributed by atoms with Crippen LogP contribution in [0.15, 0.2) is 30.5 Å². The first-order valence-corrected chi connectivity index (χ1v) is 9.43. The number of pyridine rings is 1. The van der Waals surface area contributed by atoms with Crippen molar-refractivity contribution in [3.63, 3.8) is 0 Å². The maximum Gasteiger partial charge on any atom is 0.278 e. The Kier molecular flexibility index (Phi) is 5.50. The van der Waals surface area contributed by atoms with Crippen LogP contribution in [-0.4, -0.2) is 17.5 Å². The molecule has 0 aliphatic carbocycles. The molecule has 25 heavy (non-hydrogen) atoms. The third-order valence-electron chi connectivity index (χ3n) is 3.52. The number of hydrogen-bond acceptors (Lipinski definition) is 5. The van der Waals surface area contributed by atoms with Crippen LogP contribution in [0.2, 0.25) is 0 Å². The van der Waals surface area contributed by atoms with E-state index in [1.807, 2.05) is 35.6 Å². The van der Waals surface area contributed by atoms with Crippen LogP contribution in [0.1, 0.15) is 22.8 Å². The fourth-order valence-electron chi connectivity index (χ4n) is 2.38. The van der Waals surface area contributed by atoms with E-state index in [2.05, 4.69) is 15.8 Å². The summed E-state index contributed by atoms with van der Waals surface area (Å²) in [5.41, 5.74) is 4.03. The predicted molar refractivity (Wildman–Crippen MR) is 106 cm³/mol. The highest BCUT2D eigenvalue weighted by Crippen LogP contribution is 2.38. The Balaban J connectivity index is 2.10. The molecule has 0 aliphatic heterocycles. The third kappa shape index (κ3) is 3.75. The van der Waals surface area contributed by atoms with Crippen LogP contribution < -0.4 is 10.8 Å². The quantitative estimate of drug-likeness (QED) is 0.416. The van der Waals surface area contributed by atoms with Gasteiger partial charge in [0.2, 0.25) is 0 Å². The number of hydroxylamine groups is 1. The Hall–Kier alpha value is -1.78. The summed E-state index contributed by atoms with van der Waals surface area (Å²) in [7, 11) is 0. The Labute approximate surface area is 161 Å². The zero-order valence-corrected chi connectivity index (χ0v) is 16.5. The second kappa shape index (κ2) is 7.63. The van der Waals surface area contributed by atoms with E-state index >= 15 is 0 Å². The Morgan fingerprint density at radius 2 is 2.20 bits per heavy atom. The molecule has 0 unspecified atom stereocenters. The molecule has 3 rings (SSSR count). The van der Waals surface area contributed by atoms with Crippen LogP contribution in [0, 0.1) is 16.3 Å². The molecular weight excluding hydrogens is 456 g/mol. The smallest absolute Gasteiger partial charge is 0.278 e. The number of halogens is 2. The lowest BCUT2D eigenvalue weighted by Gasteiger charge is -2.10. The number of nitrogens with zero attached hydrogens (tertiary/aromatic N) is 1. The van der Waals surface area contributed by atoms with Gasteiger partial charge in [0.05, 0.1) is 17.9 Å². The average molecular weight is 471 g/mol. The largest absolute Gasteiger partial charge is 0.344 e. The van der Waals surface area contributed by atoms with Gasteiger partial charge in [0.1, 0.15) is 15.6 Å². The lowest BCUT2D eigenvalue weighted by atomic mass is 10.1. The molecule has 1 aromatic carbocycles. The molecule has 0 bridgehead atoms. The maximum absolute atomic E-state index is 14.2. The molecule has 130 valence electrons. The van der Waals surface area contributed by atoms with Gasteiger partial charge in [0.25, 0.3) is 5.91 Å². The minimum absolute atomic E-state index is 0.301. The van der Waals surface area contributed by atoms with Crippen LogP contribution in [0.4, 0.5) is 15.1 Å². The summed E-state index contributed by atoms with van der Waals surface area (Å²) in [5.74, 6) is -0.775. The summed E-state index contributed by atoms with van der Waals surface area (Å²) in [6, 6.07) is 6.70. The topological polar surface area (TPSA) is 63.2 Å². The minimum atomic E-state index is -0.391. The minimum Gasteiger partial charge on any atom is -0.344 e. The van der Waals surface area contributed by atoms with Crippen molar-refractivity contribution in [2.24, 2.45) is 0 Å². The Morgan fingerprint density at radius 3 is 2.92 bits per heavy atom. The van der Waals surface area contributed by atoms with E-state index < -0.39 is 5.91 Å². The molecule has 0 saturated heterocycles. The van der Waals surface area contributed by atoms with E-state index in [0.717, 1.165) is 14.5 Å². The van der Waals surface area contributed by atoms with Gasteiger partial charge >= 0.3 is 0 Å². The number of fused-ring (bicyclic) bond motifs is 1. The summed E-state index contributed by atoms with van der Waals surface area (Å²) >= 11 is 3.35. The van der Waals surface area contributed by atoms with Crippen LogP contribution in [-0.2, 0) is 4.84 Å². The van der Waals surface area contributed by atoms with Crippen molar-refractivity contribution in [1.82, 2.24) is 10.5 Å². The molecule has 1 amide bonds. The van der Waals surface area contributed by atoms with Crippen LogP contribution >= 0.6 is 33.9 Å².